The zero-order valence-corrected chi connectivity index (χ0v) is 25.2. The van der Waals surface area contributed by atoms with E-state index in [1.807, 2.05) is 0 Å². The fourth-order valence-electron chi connectivity index (χ4n) is 4.30. The molecule has 12 nitrogen and oxygen atoms in total. The van der Waals surface area contributed by atoms with Crippen LogP contribution >= 0.6 is 0 Å². The van der Waals surface area contributed by atoms with Crippen molar-refractivity contribution in [3.63, 3.8) is 0 Å². The molecule has 0 amide bonds. The molecule has 0 N–H and O–H groups in total. The zero-order valence-electron chi connectivity index (χ0n) is 25.2. The number of ether oxygens (including phenoxy) is 4. The van der Waals surface area contributed by atoms with Gasteiger partial charge in [-0.1, -0.05) is 0 Å². The van der Waals surface area contributed by atoms with Crippen LogP contribution in [0.5, 0.6) is 0 Å². The Kier molecular flexibility index (Phi) is 20.9. The fraction of sp³-hybridized carbons (Fsp3) is 0.857. The summed E-state index contributed by atoms with van der Waals surface area (Å²) in [5.74, 6) is 0.951. The van der Waals surface area contributed by atoms with Gasteiger partial charge in [-0.2, -0.15) is 0 Å². The van der Waals surface area contributed by atoms with E-state index in [4.69, 9.17) is 18.9 Å². The molecule has 4 saturated heterocycles. The van der Waals surface area contributed by atoms with E-state index in [2.05, 4.69) is 19.6 Å². The topological polar surface area (TPSA) is 118 Å². The zero-order chi connectivity index (χ0) is 29.6. The maximum atomic E-state index is 10.6. The first-order valence-electron chi connectivity index (χ1n) is 14.3. The Balaban J connectivity index is 0.000000267. The second kappa shape index (κ2) is 23.0. The number of ketones is 4. The average Bonchev–Trinajstić information content (AvgIpc) is 2.91. The molecule has 0 radical (unpaired) electrons. The van der Waals surface area contributed by atoms with Crippen LogP contribution in [0.4, 0.5) is 0 Å². The summed E-state index contributed by atoms with van der Waals surface area (Å²) in [5.41, 5.74) is 0. The van der Waals surface area contributed by atoms with Gasteiger partial charge < -0.3 is 18.9 Å². The van der Waals surface area contributed by atoms with E-state index in [-0.39, 0.29) is 23.1 Å². The van der Waals surface area contributed by atoms with Gasteiger partial charge in [-0.15, -0.1) is 0 Å². The molecule has 0 unspecified atom stereocenters. The van der Waals surface area contributed by atoms with Crippen LogP contribution in [0.15, 0.2) is 0 Å². The molecule has 0 aromatic carbocycles. The highest BCUT2D eigenvalue weighted by molar-refractivity contribution is 5.78. The lowest BCUT2D eigenvalue weighted by Gasteiger charge is -2.25. The largest absolute Gasteiger partial charge is 0.379 e. The quantitative estimate of drug-likeness (QED) is 0.274. The summed E-state index contributed by atoms with van der Waals surface area (Å²) >= 11 is 0. The summed E-state index contributed by atoms with van der Waals surface area (Å²) in [7, 11) is 0. The van der Waals surface area contributed by atoms with Gasteiger partial charge in [0.15, 0.2) is 0 Å². The van der Waals surface area contributed by atoms with Gasteiger partial charge in [0.1, 0.15) is 23.1 Å². The van der Waals surface area contributed by atoms with E-state index >= 15 is 0 Å². The lowest BCUT2D eigenvalue weighted by molar-refractivity contribution is -0.120. The first kappa shape index (κ1) is 36.4. The minimum atomic E-state index is 0.238. The van der Waals surface area contributed by atoms with Gasteiger partial charge in [-0.3, -0.25) is 38.8 Å². The third kappa shape index (κ3) is 21.2. The van der Waals surface area contributed by atoms with Crippen LogP contribution in [0.2, 0.25) is 0 Å². The molecule has 12 heteroatoms. The third-order valence-electron chi connectivity index (χ3n) is 6.20. The summed E-state index contributed by atoms with van der Waals surface area (Å²) in [6.07, 6.45) is 0. The van der Waals surface area contributed by atoms with Crippen LogP contribution in [0, 0.1) is 0 Å². The highest BCUT2D eigenvalue weighted by Crippen LogP contribution is 1.97. The van der Waals surface area contributed by atoms with E-state index in [9.17, 15) is 19.2 Å². The van der Waals surface area contributed by atoms with Crippen molar-refractivity contribution in [1.29, 1.82) is 0 Å². The predicted octanol–water partition coefficient (Wildman–Crippen LogP) is -0.370. The highest BCUT2D eigenvalue weighted by Gasteiger charge is 2.13. The van der Waals surface area contributed by atoms with E-state index in [0.717, 1.165) is 105 Å². The van der Waals surface area contributed by atoms with E-state index in [1.54, 1.807) is 27.7 Å². The van der Waals surface area contributed by atoms with Crippen LogP contribution in [-0.2, 0) is 38.1 Å². The van der Waals surface area contributed by atoms with Crippen LogP contribution in [0.3, 0.4) is 0 Å². The lowest BCUT2D eigenvalue weighted by Crippen LogP contribution is -2.38. The second-order valence-corrected chi connectivity index (χ2v) is 10.4. The monoisotopic (exact) mass is 584 g/mol. The maximum absolute atomic E-state index is 10.6. The molecule has 4 heterocycles. The minimum absolute atomic E-state index is 0.238. The molecule has 0 spiro atoms. The Labute approximate surface area is 240 Å². The lowest BCUT2D eigenvalue weighted by atomic mass is 10.4. The summed E-state index contributed by atoms with van der Waals surface area (Å²) in [6, 6.07) is 0. The minimum Gasteiger partial charge on any atom is -0.379 e. The van der Waals surface area contributed by atoms with Crippen molar-refractivity contribution in [2.75, 3.05) is 131 Å². The molecule has 4 rings (SSSR count). The molecular formula is C28H52N4O8. The number of nitrogens with zero attached hydrogens (tertiary/aromatic N) is 4. The van der Waals surface area contributed by atoms with Crippen molar-refractivity contribution < 1.29 is 38.1 Å². The van der Waals surface area contributed by atoms with Crippen LogP contribution in [-0.4, -0.2) is 174 Å². The van der Waals surface area contributed by atoms with Crippen molar-refractivity contribution in [3.05, 3.63) is 0 Å². The van der Waals surface area contributed by atoms with Gasteiger partial charge in [0.05, 0.1) is 79.0 Å². The number of hydrogen-bond donors (Lipinski definition) is 0. The Morgan fingerprint density at radius 2 is 0.800 bits per heavy atom. The number of Topliss-reactive ketones (excluding diaryl/α,β-unsaturated/α-hetero) is 4. The summed E-state index contributed by atoms with van der Waals surface area (Å²) in [4.78, 5) is 51.0. The highest BCUT2D eigenvalue weighted by atomic mass is 18.3. The van der Waals surface area contributed by atoms with Gasteiger partial charge in [0.2, 0.25) is 0 Å². The van der Waals surface area contributed by atoms with Gasteiger partial charge >= 0.3 is 0 Å². The van der Waals surface area contributed by atoms with E-state index in [1.165, 1.54) is 0 Å². The van der Waals surface area contributed by atoms with Crippen molar-refractivity contribution in [2.45, 2.75) is 27.7 Å². The number of carbonyl (C=O) groups is 4. The summed E-state index contributed by atoms with van der Waals surface area (Å²) in [5, 5.41) is 0. The SMILES string of the molecule is CC(=O)[13CH2]N1CC[18O]CC1.CC(=[18O])[13CH2]N1CCOCC1.C[13C](=O)CN1CC[18O]CC1.C[13C](=[18O])CN1CCOCC1. The molecule has 0 atom stereocenters. The molecule has 232 valence electrons. The average molecular weight is 585 g/mol. The Morgan fingerprint density at radius 1 is 0.525 bits per heavy atom. The molecule has 0 saturated carbocycles. The van der Waals surface area contributed by atoms with E-state index in [0.29, 0.717) is 26.2 Å². The standard InChI is InChI=1S/4C7H13NO2/c4*1-7(9)6-8-2-4-10-5-3-8/h4*2-6H2,1H3/i7+1,10+2;7+1,9+2;6+1,10+2;6+1,9+2. The van der Waals surface area contributed by atoms with Gasteiger partial charge in [-0.25, -0.2) is 0 Å². The number of hydrogen-bond acceptors (Lipinski definition) is 12. The van der Waals surface area contributed by atoms with Crippen LogP contribution < -0.4 is 0 Å². The molecule has 0 aromatic heterocycles. The molecule has 0 aliphatic carbocycles. The third-order valence-corrected chi connectivity index (χ3v) is 6.20. The Bertz CT molecular complexity index is 595. The molecule has 0 aromatic rings. The number of rotatable bonds is 8. The predicted molar refractivity (Wildman–Crippen MR) is 152 cm³/mol. The van der Waals surface area contributed by atoms with Crippen molar-refractivity contribution in [2.24, 2.45) is 0 Å². The normalized spacial score (nSPS) is 20.9. The molecule has 4 aliphatic heterocycles. The summed E-state index contributed by atoms with van der Waals surface area (Å²) in [6.45, 7) is 22.2. The fourth-order valence-corrected chi connectivity index (χ4v) is 4.30. The number of carbonyl (C=O) groups excluding carboxylic acids is 4. The van der Waals surface area contributed by atoms with Crippen LogP contribution in [0.25, 0.3) is 0 Å². The molecular weight excluding hydrogens is 532 g/mol. The first-order chi connectivity index (χ1) is 19.2. The molecule has 4 fully saturated rings. The van der Waals surface area contributed by atoms with Crippen LogP contribution in [0.1, 0.15) is 27.7 Å². The van der Waals surface area contributed by atoms with Gasteiger partial charge in [0, 0.05) is 52.4 Å². The molecule has 0 bridgehead atoms. The van der Waals surface area contributed by atoms with Gasteiger partial charge in [-0.05, 0) is 27.7 Å². The molecule has 40 heavy (non-hydrogen) atoms. The summed E-state index contributed by atoms with van der Waals surface area (Å²) < 4.78 is 20.5. The second-order valence-electron chi connectivity index (χ2n) is 10.4. The van der Waals surface area contributed by atoms with Crippen molar-refractivity contribution >= 4 is 23.1 Å². The Hall–Kier alpha value is -1.64. The molecule has 4 aliphatic rings. The first-order valence-corrected chi connectivity index (χ1v) is 14.3. The maximum Gasteiger partial charge on any atom is 0.143 e. The van der Waals surface area contributed by atoms with E-state index < -0.39 is 0 Å². The number of morpholine rings is 4. The van der Waals surface area contributed by atoms with Gasteiger partial charge in [0.25, 0.3) is 0 Å². The Morgan fingerprint density at radius 3 is 1.05 bits per heavy atom. The van der Waals surface area contributed by atoms with Crippen molar-refractivity contribution in [3.8, 4) is 0 Å². The van der Waals surface area contributed by atoms with Crippen molar-refractivity contribution in [1.82, 2.24) is 19.6 Å². The smallest absolute Gasteiger partial charge is 0.143 e.